The van der Waals surface area contributed by atoms with Gasteiger partial charge in [-0.2, -0.15) is 13.2 Å². The topological polar surface area (TPSA) is 108 Å². The molecule has 1 rings (SSSR count). The predicted octanol–water partition coefficient (Wildman–Crippen LogP) is 2.41. The third kappa shape index (κ3) is 5.40. The van der Waals surface area contributed by atoms with Gasteiger partial charge in [-0.05, 0) is 12.1 Å². The molecule has 0 unspecified atom stereocenters. The summed E-state index contributed by atoms with van der Waals surface area (Å²) in [7, 11) is -6.28. The van der Waals surface area contributed by atoms with E-state index >= 15 is 0 Å². The maximum absolute atomic E-state index is 14.7. The molecule has 1 amide bonds. The molecule has 0 fully saturated rings. The van der Waals surface area contributed by atoms with Gasteiger partial charge in [0.25, 0.3) is 17.9 Å². The van der Waals surface area contributed by atoms with Crippen LogP contribution in [0.25, 0.3) is 0 Å². The van der Waals surface area contributed by atoms with Crippen molar-refractivity contribution in [1.29, 1.82) is 0 Å². The fourth-order valence-corrected chi connectivity index (χ4v) is 3.71. The molecule has 0 N–H and O–H groups in total. The molecule has 0 atom stereocenters. The van der Waals surface area contributed by atoms with Crippen molar-refractivity contribution in [3.05, 3.63) is 29.8 Å². The minimum Gasteiger partial charge on any atom is -0.451 e. The van der Waals surface area contributed by atoms with Crippen LogP contribution in [0.2, 0.25) is 0 Å². The Morgan fingerprint density at radius 1 is 0.931 bits per heavy atom. The van der Waals surface area contributed by atoms with E-state index in [4.69, 9.17) is 0 Å². The summed E-state index contributed by atoms with van der Waals surface area (Å²) >= 11 is 0. The largest absolute Gasteiger partial charge is 0.806 e. The van der Waals surface area contributed by atoms with Gasteiger partial charge in [0.05, 0.1) is 0 Å². The van der Waals surface area contributed by atoms with Crippen LogP contribution in [0, 0.1) is 11.6 Å². The molecule has 0 aliphatic heterocycles. The summed E-state index contributed by atoms with van der Waals surface area (Å²) in [6.07, 6.45) is -2.64. The molecule has 1 aromatic rings. The lowest BCUT2D eigenvalue weighted by Gasteiger charge is -2.33. The van der Waals surface area contributed by atoms with Gasteiger partial charge in [0, 0.05) is 20.8 Å². The van der Waals surface area contributed by atoms with Crippen LogP contribution in [0.5, 0.6) is 5.75 Å². The lowest BCUT2D eigenvalue weighted by atomic mass is 10.3. The monoisotopic (exact) mass is 445 g/mol. The summed E-state index contributed by atoms with van der Waals surface area (Å²) in [6, 6.07) is 2.02. The molecule has 160 valence electrons. The van der Waals surface area contributed by atoms with Crippen LogP contribution >= 0.6 is 0 Å². The maximum atomic E-state index is 14.7. The van der Waals surface area contributed by atoms with Crippen LogP contribution in [0.3, 0.4) is 0 Å². The van der Waals surface area contributed by atoms with Crippen LogP contribution in [0.4, 0.5) is 26.8 Å². The number of carbonyl (C=O) groups is 4. The number of hydrogen-bond acceptors (Lipinski definition) is 8. The molecule has 0 bridgehead atoms. The van der Waals surface area contributed by atoms with Crippen molar-refractivity contribution < 1.29 is 59.2 Å². The van der Waals surface area contributed by atoms with E-state index in [9.17, 15) is 41.2 Å². The summed E-state index contributed by atoms with van der Waals surface area (Å²) in [5.41, 5.74) is -5.41. The van der Waals surface area contributed by atoms with Crippen molar-refractivity contribution in [3.8, 4) is 5.75 Å². The molecule has 15 heteroatoms. The number of carbonyl (C=O) groups excluding carboxylic acids is 4. The minimum atomic E-state index is -6.28. The first-order valence-corrected chi connectivity index (χ1v) is 9.04. The quantitative estimate of drug-likeness (QED) is 0.284. The Balaban J connectivity index is 3.35. The minimum absolute atomic E-state index is 0.536. The molecular weight excluding hydrogens is 433 g/mol. The van der Waals surface area contributed by atoms with Crippen molar-refractivity contribution >= 4 is 32.8 Å². The van der Waals surface area contributed by atoms with Gasteiger partial charge in [-0.1, -0.05) is 15.7 Å². The highest BCUT2D eigenvalue weighted by Crippen LogP contribution is 2.36. The number of benzene rings is 1. The van der Waals surface area contributed by atoms with Gasteiger partial charge < -0.3 is 18.0 Å². The van der Waals surface area contributed by atoms with Crippen LogP contribution in [-0.4, -0.2) is 43.6 Å². The molecule has 0 saturated heterocycles. The Bertz CT molecular complexity index is 795. The van der Waals surface area contributed by atoms with E-state index in [2.05, 4.69) is 18.0 Å². The molecule has 0 aliphatic carbocycles. The molecule has 1 aromatic carbocycles. The molecule has 9 nitrogen and oxygen atoms in total. The molecule has 0 heterocycles. The second-order valence-electron chi connectivity index (χ2n) is 5.08. The van der Waals surface area contributed by atoms with E-state index in [0.29, 0.717) is 32.9 Å². The second-order valence-corrected chi connectivity index (χ2v) is 7.41. The smallest absolute Gasteiger partial charge is 0.451 e. The first-order valence-electron chi connectivity index (χ1n) is 7.32. The SMILES string of the molecule is CC(=O)O[Si](OC(C)=O)(OC(C)=O)C(F)(F)N(F)C(=O)Oc1cccc(F)c1F. The third-order valence-electron chi connectivity index (χ3n) is 2.72. The molecule has 0 spiro atoms. The Hall–Kier alpha value is -3.23. The first-order chi connectivity index (χ1) is 13.2. The van der Waals surface area contributed by atoms with E-state index in [-0.39, 0.29) is 0 Å². The number of amides is 1. The van der Waals surface area contributed by atoms with E-state index in [1.165, 1.54) is 0 Å². The lowest BCUT2D eigenvalue weighted by Crippen LogP contribution is -2.69. The normalized spacial score (nSPS) is 11.3. The lowest BCUT2D eigenvalue weighted by molar-refractivity contribution is -0.202. The standard InChI is InChI=1S/C14H12F5NO8Si/c1-7(21)26-29(27-8(2)22,28-9(3)23)14(17,18)20(19)13(24)25-11-6-4-5-10(15)12(11)16/h4-6H,1-3H3. The van der Waals surface area contributed by atoms with E-state index < -0.39 is 61.0 Å². The maximum Gasteiger partial charge on any atom is 0.806 e. The Morgan fingerprint density at radius 2 is 1.38 bits per heavy atom. The third-order valence-corrected chi connectivity index (χ3v) is 5.32. The number of rotatable bonds is 6. The van der Waals surface area contributed by atoms with Gasteiger partial charge in [0.1, 0.15) is 0 Å². The van der Waals surface area contributed by atoms with Gasteiger partial charge in [0.2, 0.25) is 5.82 Å². The fourth-order valence-electron chi connectivity index (χ4n) is 1.75. The van der Waals surface area contributed by atoms with Gasteiger partial charge in [-0.15, -0.1) is 0 Å². The Labute approximate surface area is 160 Å². The Kier molecular flexibility index (Phi) is 7.26. The van der Waals surface area contributed by atoms with Crippen LogP contribution < -0.4 is 4.74 Å². The number of ether oxygens (including phenoxy) is 1. The fraction of sp³-hybridized carbons (Fsp3) is 0.286. The van der Waals surface area contributed by atoms with Crippen molar-refractivity contribution in [1.82, 2.24) is 5.12 Å². The van der Waals surface area contributed by atoms with E-state index in [1.807, 2.05) is 0 Å². The second kappa shape index (κ2) is 8.85. The number of nitrogens with zero attached hydrogens (tertiary/aromatic N) is 1. The van der Waals surface area contributed by atoms with Crippen LogP contribution in [-0.2, 0) is 27.7 Å². The highest BCUT2D eigenvalue weighted by Gasteiger charge is 2.79. The number of alkyl halides is 2. The Morgan fingerprint density at radius 3 is 1.79 bits per heavy atom. The van der Waals surface area contributed by atoms with Crippen molar-refractivity contribution in [2.45, 2.75) is 26.4 Å². The molecule has 29 heavy (non-hydrogen) atoms. The van der Waals surface area contributed by atoms with Crippen LogP contribution in [0.1, 0.15) is 20.8 Å². The first kappa shape index (κ1) is 23.8. The zero-order valence-electron chi connectivity index (χ0n) is 14.8. The van der Waals surface area contributed by atoms with Crippen molar-refractivity contribution in [2.75, 3.05) is 0 Å². The van der Waals surface area contributed by atoms with Crippen molar-refractivity contribution in [2.24, 2.45) is 0 Å². The summed E-state index contributed by atoms with van der Waals surface area (Å²) in [6.45, 7) is 1.61. The zero-order chi connectivity index (χ0) is 22.6. The van der Waals surface area contributed by atoms with E-state index in [0.717, 1.165) is 6.07 Å². The van der Waals surface area contributed by atoms with Gasteiger partial charge in [-0.25, -0.2) is 9.18 Å². The molecular formula is C14H12F5NO8Si. The highest BCUT2D eigenvalue weighted by atomic mass is 28.4. The summed E-state index contributed by atoms with van der Waals surface area (Å²) < 4.78 is 86.5. The molecule has 0 radical (unpaired) electrons. The predicted molar refractivity (Wildman–Crippen MR) is 81.3 cm³/mol. The van der Waals surface area contributed by atoms with Gasteiger partial charge in [0.15, 0.2) is 11.6 Å². The highest BCUT2D eigenvalue weighted by molar-refractivity contribution is 6.68. The average molecular weight is 445 g/mol. The average Bonchev–Trinajstić information content (AvgIpc) is 2.56. The molecule has 0 aliphatic rings. The molecule has 0 saturated carbocycles. The number of hydrogen-bond donors (Lipinski definition) is 0. The molecule has 0 aromatic heterocycles. The summed E-state index contributed by atoms with van der Waals surface area (Å²) in [4.78, 5) is 45.2. The van der Waals surface area contributed by atoms with Gasteiger partial charge >= 0.3 is 20.6 Å². The van der Waals surface area contributed by atoms with Gasteiger partial charge in [-0.3, -0.25) is 14.4 Å². The summed E-state index contributed by atoms with van der Waals surface area (Å²) in [5.74, 6) is -9.38. The number of halogens is 5. The van der Waals surface area contributed by atoms with E-state index in [1.54, 1.807) is 0 Å². The van der Waals surface area contributed by atoms with Crippen molar-refractivity contribution in [3.63, 3.8) is 0 Å². The zero-order valence-corrected chi connectivity index (χ0v) is 15.8. The van der Waals surface area contributed by atoms with Crippen LogP contribution in [0.15, 0.2) is 18.2 Å². The summed E-state index contributed by atoms with van der Waals surface area (Å²) in [5, 5.41) is -2.04.